The molecule has 2 heterocycles. The molecule has 7 nitrogen and oxygen atoms in total. The molecular formula is C11H12ClN5O2. The number of nitrogens with one attached hydrogen (secondary N) is 1. The molecule has 2 N–H and O–H groups in total. The molecule has 0 saturated carbocycles. The average Bonchev–Trinajstić information content (AvgIpc) is 2.89. The van der Waals surface area contributed by atoms with Crippen LogP contribution in [0.2, 0.25) is 5.02 Å². The van der Waals surface area contributed by atoms with Crippen LogP contribution in [0.1, 0.15) is 16.9 Å². The summed E-state index contributed by atoms with van der Waals surface area (Å²) in [4.78, 5) is 14.8. The van der Waals surface area contributed by atoms with Gasteiger partial charge in [0.25, 0.3) is 0 Å². The van der Waals surface area contributed by atoms with Crippen molar-refractivity contribution in [2.75, 3.05) is 11.9 Å². The standard InChI is InChI=1S/C11H12ClN5O2/c12-8-2-3-9(15-10(8)11(18)19)13-4-1-6-17-7-5-14-16-17/h2-3,5,7H,1,4,6H2,(H,13,15)(H,18,19). The summed E-state index contributed by atoms with van der Waals surface area (Å²) in [5.41, 5.74) is -0.150. The molecule has 2 aromatic heterocycles. The lowest BCUT2D eigenvalue weighted by molar-refractivity contribution is 0.0691. The molecule has 0 spiro atoms. The van der Waals surface area contributed by atoms with E-state index in [4.69, 9.17) is 16.7 Å². The molecule has 0 amide bonds. The maximum Gasteiger partial charge on any atom is 0.356 e. The minimum Gasteiger partial charge on any atom is -0.476 e. The molecule has 8 heteroatoms. The highest BCUT2D eigenvalue weighted by molar-refractivity contribution is 6.33. The van der Waals surface area contributed by atoms with E-state index in [-0.39, 0.29) is 10.7 Å². The number of aryl methyl sites for hydroxylation is 1. The molecule has 0 atom stereocenters. The Kier molecular flexibility index (Phi) is 4.30. The fourth-order valence-electron chi connectivity index (χ4n) is 1.50. The fraction of sp³-hybridized carbons (Fsp3) is 0.273. The summed E-state index contributed by atoms with van der Waals surface area (Å²) in [6.07, 6.45) is 4.21. The number of carboxylic acids is 1. The number of anilines is 1. The van der Waals surface area contributed by atoms with Gasteiger partial charge in [-0.25, -0.2) is 9.78 Å². The maximum absolute atomic E-state index is 10.9. The monoisotopic (exact) mass is 281 g/mol. The Hall–Kier alpha value is -2.15. The van der Waals surface area contributed by atoms with Crippen molar-refractivity contribution in [2.24, 2.45) is 0 Å². The molecule has 2 rings (SSSR count). The topological polar surface area (TPSA) is 92.9 Å². The van der Waals surface area contributed by atoms with E-state index in [1.54, 1.807) is 23.1 Å². The number of hydrogen-bond acceptors (Lipinski definition) is 5. The van der Waals surface area contributed by atoms with Gasteiger partial charge in [-0.3, -0.25) is 4.68 Å². The predicted octanol–water partition coefficient (Wildman–Crippen LogP) is 1.53. The van der Waals surface area contributed by atoms with Gasteiger partial charge in [0.1, 0.15) is 5.82 Å². The van der Waals surface area contributed by atoms with E-state index in [0.717, 1.165) is 13.0 Å². The number of rotatable bonds is 6. The number of aromatic nitrogens is 4. The third-order valence-electron chi connectivity index (χ3n) is 2.39. The molecule has 0 fully saturated rings. The van der Waals surface area contributed by atoms with Crippen LogP contribution >= 0.6 is 11.6 Å². The van der Waals surface area contributed by atoms with Crippen LogP contribution < -0.4 is 5.32 Å². The van der Waals surface area contributed by atoms with Gasteiger partial charge in [-0.2, -0.15) is 0 Å². The van der Waals surface area contributed by atoms with Gasteiger partial charge < -0.3 is 10.4 Å². The highest BCUT2D eigenvalue weighted by Gasteiger charge is 2.10. The lowest BCUT2D eigenvalue weighted by Gasteiger charge is -2.07. The molecule has 100 valence electrons. The molecule has 2 aromatic rings. The summed E-state index contributed by atoms with van der Waals surface area (Å²) in [5.74, 6) is -0.656. The summed E-state index contributed by atoms with van der Waals surface area (Å²) in [6, 6.07) is 3.15. The van der Waals surface area contributed by atoms with E-state index >= 15 is 0 Å². The van der Waals surface area contributed by atoms with Crippen LogP contribution in [0.15, 0.2) is 24.5 Å². The zero-order valence-electron chi connectivity index (χ0n) is 9.95. The summed E-state index contributed by atoms with van der Waals surface area (Å²) >= 11 is 5.73. The second-order valence-electron chi connectivity index (χ2n) is 3.78. The molecule has 0 bridgehead atoms. The van der Waals surface area contributed by atoms with Gasteiger partial charge in [-0.05, 0) is 18.6 Å². The highest BCUT2D eigenvalue weighted by Crippen LogP contribution is 2.16. The van der Waals surface area contributed by atoms with Gasteiger partial charge in [0, 0.05) is 19.3 Å². The van der Waals surface area contributed by atoms with Crippen molar-refractivity contribution < 1.29 is 9.90 Å². The minimum atomic E-state index is -1.14. The van der Waals surface area contributed by atoms with Gasteiger partial charge in [-0.1, -0.05) is 16.8 Å². The Labute approximate surface area is 114 Å². The first-order valence-corrected chi connectivity index (χ1v) is 6.02. The van der Waals surface area contributed by atoms with Crippen LogP contribution in [-0.2, 0) is 6.54 Å². The second-order valence-corrected chi connectivity index (χ2v) is 4.19. The number of halogens is 1. The molecule has 0 aliphatic rings. The maximum atomic E-state index is 10.9. The van der Waals surface area contributed by atoms with Crippen molar-refractivity contribution >= 4 is 23.4 Å². The average molecular weight is 282 g/mol. The normalized spacial score (nSPS) is 10.4. The largest absolute Gasteiger partial charge is 0.476 e. The molecule has 0 unspecified atom stereocenters. The van der Waals surface area contributed by atoms with Crippen LogP contribution in [0, 0.1) is 0 Å². The SMILES string of the molecule is O=C(O)c1nc(NCCCn2ccnn2)ccc1Cl. The summed E-state index contributed by atoms with van der Waals surface area (Å²) < 4.78 is 1.72. The molecule has 0 aromatic carbocycles. The van der Waals surface area contributed by atoms with Crippen molar-refractivity contribution in [2.45, 2.75) is 13.0 Å². The molecule has 0 saturated heterocycles. The first-order chi connectivity index (χ1) is 9.16. The van der Waals surface area contributed by atoms with Crippen molar-refractivity contribution in [3.05, 3.63) is 35.2 Å². The van der Waals surface area contributed by atoms with Gasteiger partial charge >= 0.3 is 5.97 Å². The van der Waals surface area contributed by atoms with E-state index in [1.807, 2.05) is 0 Å². The van der Waals surface area contributed by atoms with E-state index < -0.39 is 5.97 Å². The number of aromatic carboxylic acids is 1. The van der Waals surface area contributed by atoms with Crippen molar-refractivity contribution in [3.63, 3.8) is 0 Å². The van der Waals surface area contributed by atoms with Crippen LogP contribution in [-0.4, -0.2) is 37.6 Å². The Bertz CT molecular complexity index is 558. The predicted molar refractivity (Wildman–Crippen MR) is 69.3 cm³/mol. The first kappa shape index (κ1) is 13.3. The van der Waals surface area contributed by atoms with Crippen molar-refractivity contribution in [1.29, 1.82) is 0 Å². The van der Waals surface area contributed by atoms with Crippen LogP contribution in [0.4, 0.5) is 5.82 Å². The van der Waals surface area contributed by atoms with Crippen molar-refractivity contribution in [3.8, 4) is 0 Å². The molecule has 0 aliphatic heterocycles. The summed E-state index contributed by atoms with van der Waals surface area (Å²) in [7, 11) is 0. The summed E-state index contributed by atoms with van der Waals surface area (Å²) in [5, 5.41) is 19.6. The van der Waals surface area contributed by atoms with Crippen LogP contribution in [0.3, 0.4) is 0 Å². The van der Waals surface area contributed by atoms with E-state index in [0.29, 0.717) is 12.4 Å². The Morgan fingerprint density at radius 3 is 3.00 bits per heavy atom. The second kappa shape index (κ2) is 6.14. The lowest BCUT2D eigenvalue weighted by atomic mass is 10.3. The molecule has 0 aliphatic carbocycles. The smallest absolute Gasteiger partial charge is 0.356 e. The fourth-order valence-corrected chi connectivity index (χ4v) is 1.69. The number of nitrogens with zero attached hydrogens (tertiary/aromatic N) is 4. The highest BCUT2D eigenvalue weighted by atomic mass is 35.5. The third kappa shape index (κ3) is 3.65. The zero-order chi connectivity index (χ0) is 13.7. The van der Waals surface area contributed by atoms with Gasteiger partial charge in [0.2, 0.25) is 0 Å². The van der Waals surface area contributed by atoms with E-state index in [9.17, 15) is 4.79 Å². The minimum absolute atomic E-state index is 0.126. The molecule has 0 radical (unpaired) electrons. The summed E-state index contributed by atoms with van der Waals surface area (Å²) in [6.45, 7) is 1.37. The number of hydrogen-bond donors (Lipinski definition) is 2. The lowest BCUT2D eigenvalue weighted by Crippen LogP contribution is -2.10. The van der Waals surface area contributed by atoms with Gasteiger partial charge in [0.15, 0.2) is 5.69 Å². The Morgan fingerprint density at radius 1 is 1.47 bits per heavy atom. The quantitative estimate of drug-likeness (QED) is 0.780. The molecule has 19 heavy (non-hydrogen) atoms. The number of carboxylic acid groups (broad SMARTS) is 1. The van der Waals surface area contributed by atoms with E-state index in [2.05, 4.69) is 20.6 Å². The first-order valence-electron chi connectivity index (χ1n) is 5.64. The van der Waals surface area contributed by atoms with Crippen LogP contribution in [0.5, 0.6) is 0 Å². The zero-order valence-corrected chi connectivity index (χ0v) is 10.7. The van der Waals surface area contributed by atoms with Gasteiger partial charge in [0.05, 0.1) is 11.2 Å². The Balaban J connectivity index is 1.86. The third-order valence-corrected chi connectivity index (χ3v) is 2.70. The van der Waals surface area contributed by atoms with Crippen LogP contribution in [0.25, 0.3) is 0 Å². The Morgan fingerprint density at radius 2 is 2.32 bits per heavy atom. The van der Waals surface area contributed by atoms with Gasteiger partial charge in [-0.15, -0.1) is 5.10 Å². The van der Waals surface area contributed by atoms with Crippen molar-refractivity contribution in [1.82, 2.24) is 20.0 Å². The van der Waals surface area contributed by atoms with E-state index in [1.165, 1.54) is 6.07 Å². The number of carbonyl (C=O) groups is 1. The molecular weight excluding hydrogens is 270 g/mol. The number of pyridine rings is 1.